The summed E-state index contributed by atoms with van der Waals surface area (Å²) >= 11 is 1.31. The van der Waals surface area contributed by atoms with Crippen molar-refractivity contribution < 1.29 is 14.3 Å². The van der Waals surface area contributed by atoms with Crippen molar-refractivity contribution in [2.75, 3.05) is 38.1 Å². The second-order valence-corrected chi connectivity index (χ2v) is 9.53. The molecule has 3 heterocycles. The fourth-order valence-corrected chi connectivity index (χ4v) is 5.13. The number of carbonyl (C=O) groups is 2. The van der Waals surface area contributed by atoms with Crippen molar-refractivity contribution >= 4 is 28.3 Å². The number of rotatable bonds is 10. The number of carbonyl (C=O) groups excluding carboxylic acids is 2. The maximum absolute atomic E-state index is 12.9. The van der Waals surface area contributed by atoms with Crippen molar-refractivity contribution in [3.63, 3.8) is 0 Å². The van der Waals surface area contributed by atoms with E-state index in [0.29, 0.717) is 30.1 Å². The summed E-state index contributed by atoms with van der Waals surface area (Å²) < 4.78 is 5.92. The molecule has 1 saturated heterocycles. The summed E-state index contributed by atoms with van der Waals surface area (Å²) in [5.41, 5.74) is 7.74. The molecule has 8 nitrogen and oxygen atoms in total. The summed E-state index contributed by atoms with van der Waals surface area (Å²) in [5.74, 6) is 0.551. The first-order chi connectivity index (χ1) is 17.1. The van der Waals surface area contributed by atoms with Crippen LogP contribution in [-0.4, -0.2) is 54.6 Å². The summed E-state index contributed by atoms with van der Waals surface area (Å²) in [6.45, 7) is 4.38. The van der Waals surface area contributed by atoms with Gasteiger partial charge in [0.05, 0.1) is 5.56 Å². The molecule has 35 heavy (non-hydrogen) atoms. The van der Waals surface area contributed by atoms with Gasteiger partial charge in [-0.1, -0.05) is 6.42 Å². The molecule has 1 aromatic carbocycles. The fourth-order valence-electron chi connectivity index (χ4n) is 4.06. The molecule has 4 N–H and O–H groups in total. The molecule has 3 aromatic rings. The summed E-state index contributed by atoms with van der Waals surface area (Å²) in [4.78, 5) is 31.7. The van der Waals surface area contributed by atoms with Crippen molar-refractivity contribution in [2.24, 2.45) is 5.73 Å². The number of urea groups is 1. The first kappa shape index (κ1) is 24.7. The number of nitrogens with two attached hydrogens (primary N) is 1. The number of primary amides is 1. The van der Waals surface area contributed by atoms with Gasteiger partial charge in [-0.05, 0) is 85.9 Å². The monoisotopic (exact) mass is 493 g/mol. The van der Waals surface area contributed by atoms with Crippen LogP contribution in [0.2, 0.25) is 0 Å². The topological polar surface area (TPSA) is 110 Å². The number of ether oxygens (including phenoxy) is 1. The molecule has 1 fully saturated rings. The van der Waals surface area contributed by atoms with Gasteiger partial charge in [-0.3, -0.25) is 20.0 Å². The molecule has 4 rings (SSSR count). The van der Waals surface area contributed by atoms with E-state index < -0.39 is 6.03 Å². The van der Waals surface area contributed by atoms with E-state index in [-0.39, 0.29) is 5.91 Å². The lowest BCUT2D eigenvalue weighted by atomic mass is 10.1. The van der Waals surface area contributed by atoms with E-state index >= 15 is 0 Å². The van der Waals surface area contributed by atoms with Crippen molar-refractivity contribution in [1.29, 1.82) is 0 Å². The minimum absolute atomic E-state index is 0.261. The van der Waals surface area contributed by atoms with Gasteiger partial charge in [-0.2, -0.15) is 0 Å². The number of hydrogen-bond donors (Lipinski definition) is 3. The number of nitrogens with zero attached hydrogens (tertiary/aromatic N) is 2. The normalized spacial score (nSPS) is 13.8. The number of piperidine rings is 1. The molecule has 184 valence electrons. The molecule has 0 saturated carbocycles. The van der Waals surface area contributed by atoms with E-state index in [2.05, 4.69) is 20.5 Å². The van der Waals surface area contributed by atoms with Gasteiger partial charge in [0.1, 0.15) is 17.4 Å². The Labute approximate surface area is 209 Å². The minimum atomic E-state index is -0.707. The molecule has 0 aliphatic carbocycles. The molecule has 0 spiro atoms. The zero-order valence-electron chi connectivity index (χ0n) is 19.7. The number of hydrogen-bond acceptors (Lipinski definition) is 6. The molecule has 1 aliphatic rings. The molecule has 2 aromatic heterocycles. The predicted molar refractivity (Wildman–Crippen MR) is 139 cm³/mol. The van der Waals surface area contributed by atoms with Crippen LogP contribution in [0.5, 0.6) is 5.75 Å². The van der Waals surface area contributed by atoms with Gasteiger partial charge in [0.25, 0.3) is 5.91 Å². The Morgan fingerprint density at radius 3 is 2.51 bits per heavy atom. The number of anilines is 1. The molecule has 0 atom stereocenters. The van der Waals surface area contributed by atoms with Crippen molar-refractivity contribution in [1.82, 2.24) is 15.2 Å². The Bertz CT molecular complexity index is 1110. The summed E-state index contributed by atoms with van der Waals surface area (Å²) in [6.07, 6.45) is 8.00. The second kappa shape index (κ2) is 12.3. The minimum Gasteiger partial charge on any atom is -0.492 e. The Balaban J connectivity index is 1.37. The Hall–Kier alpha value is -3.43. The lowest BCUT2D eigenvalue weighted by Crippen LogP contribution is -2.33. The standard InChI is InChI=1S/C26H31N5O3S/c27-26(33)30-25-22(24(32)29-13-10-19-8-11-28-12-9-19)18-23(35-25)20-4-6-21(7-5-20)34-17-16-31-14-2-1-3-15-31/h4-9,11-12,18H,1-3,10,13-17H2,(H,29,32)(H3,27,30,33). The number of benzene rings is 1. The van der Waals surface area contributed by atoms with Crippen LogP contribution in [0.25, 0.3) is 10.4 Å². The average Bonchev–Trinajstić information content (AvgIpc) is 3.29. The third kappa shape index (κ3) is 7.27. The quantitative estimate of drug-likeness (QED) is 0.393. The van der Waals surface area contributed by atoms with Gasteiger partial charge in [-0.15, -0.1) is 11.3 Å². The molecular formula is C26H31N5O3S. The van der Waals surface area contributed by atoms with Gasteiger partial charge in [0, 0.05) is 30.4 Å². The van der Waals surface area contributed by atoms with Crippen LogP contribution < -0.4 is 21.1 Å². The second-order valence-electron chi connectivity index (χ2n) is 8.48. The van der Waals surface area contributed by atoms with Gasteiger partial charge < -0.3 is 15.8 Å². The van der Waals surface area contributed by atoms with E-state index in [1.54, 1.807) is 18.5 Å². The summed E-state index contributed by atoms with van der Waals surface area (Å²) in [7, 11) is 0. The van der Waals surface area contributed by atoms with Crippen LogP contribution in [-0.2, 0) is 6.42 Å². The highest BCUT2D eigenvalue weighted by Gasteiger charge is 2.18. The van der Waals surface area contributed by atoms with E-state index in [1.807, 2.05) is 36.4 Å². The Morgan fingerprint density at radius 1 is 1.06 bits per heavy atom. The van der Waals surface area contributed by atoms with Crippen LogP contribution in [0.3, 0.4) is 0 Å². The van der Waals surface area contributed by atoms with E-state index in [4.69, 9.17) is 10.5 Å². The number of amides is 3. The molecule has 1 aliphatic heterocycles. The van der Waals surface area contributed by atoms with E-state index in [9.17, 15) is 9.59 Å². The SMILES string of the molecule is NC(=O)Nc1sc(-c2ccc(OCCN3CCCCC3)cc2)cc1C(=O)NCCc1ccncc1. The zero-order chi connectivity index (χ0) is 24.5. The molecular weight excluding hydrogens is 462 g/mol. The van der Waals surface area contributed by atoms with Crippen LogP contribution in [0.1, 0.15) is 35.2 Å². The fraction of sp³-hybridized carbons (Fsp3) is 0.346. The number of nitrogens with one attached hydrogen (secondary N) is 2. The van der Waals surface area contributed by atoms with Crippen LogP contribution in [0.4, 0.5) is 9.80 Å². The van der Waals surface area contributed by atoms with E-state index in [0.717, 1.165) is 41.4 Å². The highest BCUT2D eigenvalue weighted by atomic mass is 32.1. The lowest BCUT2D eigenvalue weighted by molar-refractivity contribution is 0.0955. The van der Waals surface area contributed by atoms with Crippen molar-refractivity contribution in [2.45, 2.75) is 25.7 Å². The first-order valence-electron chi connectivity index (χ1n) is 11.9. The van der Waals surface area contributed by atoms with Gasteiger partial charge in [-0.25, -0.2) is 4.79 Å². The van der Waals surface area contributed by atoms with Crippen molar-refractivity contribution in [3.05, 3.63) is 66.0 Å². The molecule has 0 bridgehead atoms. The van der Waals surface area contributed by atoms with Crippen molar-refractivity contribution in [3.8, 4) is 16.2 Å². The highest BCUT2D eigenvalue weighted by Crippen LogP contribution is 2.36. The maximum Gasteiger partial charge on any atom is 0.317 e. The smallest absolute Gasteiger partial charge is 0.317 e. The van der Waals surface area contributed by atoms with Gasteiger partial charge in [0.2, 0.25) is 0 Å². The number of aromatic nitrogens is 1. The number of likely N-dealkylation sites (tertiary alicyclic amines) is 1. The summed E-state index contributed by atoms with van der Waals surface area (Å²) in [5, 5.41) is 5.92. The number of thiophene rings is 1. The predicted octanol–water partition coefficient (Wildman–Crippen LogP) is 4.14. The third-order valence-electron chi connectivity index (χ3n) is 5.93. The molecule has 0 radical (unpaired) electrons. The third-order valence-corrected chi connectivity index (χ3v) is 7.03. The van der Waals surface area contributed by atoms with Crippen LogP contribution in [0.15, 0.2) is 54.9 Å². The highest BCUT2D eigenvalue weighted by molar-refractivity contribution is 7.20. The average molecular weight is 494 g/mol. The van der Waals surface area contributed by atoms with Gasteiger partial charge >= 0.3 is 6.03 Å². The van der Waals surface area contributed by atoms with E-state index in [1.165, 1.54) is 30.6 Å². The van der Waals surface area contributed by atoms with Crippen LogP contribution in [0, 0.1) is 0 Å². The zero-order valence-corrected chi connectivity index (χ0v) is 20.5. The van der Waals surface area contributed by atoms with Gasteiger partial charge in [0.15, 0.2) is 0 Å². The maximum atomic E-state index is 12.9. The largest absolute Gasteiger partial charge is 0.492 e. The molecule has 0 unspecified atom stereocenters. The lowest BCUT2D eigenvalue weighted by Gasteiger charge is -2.26. The van der Waals surface area contributed by atoms with Crippen LogP contribution >= 0.6 is 11.3 Å². The first-order valence-corrected chi connectivity index (χ1v) is 12.7. The molecule has 3 amide bonds. The number of pyridine rings is 1. The molecule has 9 heteroatoms. The Kier molecular flexibility index (Phi) is 8.69. The summed E-state index contributed by atoms with van der Waals surface area (Å²) in [6, 6.07) is 12.7. The Morgan fingerprint density at radius 2 is 1.80 bits per heavy atom.